The Hall–Kier alpha value is -4.78. The highest BCUT2D eigenvalue weighted by atomic mass is 16.7. The van der Waals surface area contributed by atoms with Gasteiger partial charge in [-0.3, -0.25) is 14.6 Å². The summed E-state index contributed by atoms with van der Waals surface area (Å²) in [6, 6.07) is 18.2. The lowest BCUT2D eigenvalue weighted by Crippen LogP contribution is -2.22. The Kier molecular flexibility index (Phi) is 11.2. The molecule has 258 valence electrons. The standard InChI is InChI=1S/C37H42N4O8/c1-24(49-37(43)26-13-5-4-6-14-26)12-7-9-18-41-36(42)28-16-11-15-27(32(28)40-41)33-35(45-3)38-29-20-25(22-47-31-17-8-10-19-46-31)21-30(34(29)39-33)48-23-44-2/h4-6,11,13-16,20-21,24,31,40H,7-10,12,17-19,22-23H2,1-3H3. The molecule has 0 spiro atoms. The van der Waals surface area contributed by atoms with Crippen molar-refractivity contribution >= 4 is 27.9 Å². The first-order valence-corrected chi connectivity index (χ1v) is 16.7. The molecule has 5 aromatic rings. The maximum atomic E-state index is 13.4. The molecule has 0 amide bonds. The van der Waals surface area contributed by atoms with Gasteiger partial charge in [0.15, 0.2) is 18.8 Å². The van der Waals surface area contributed by atoms with E-state index in [-0.39, 0.29) is 30.7 Å². The van der Waals surface area contributed by atoms with Crippen molar-refractivity contribution in [2.75, 3.05) is 27.6 Å². The number of H-pyrrole nitrogens is 1. The predicted octanol–water partition coefficient (Wildman–Crippen LogP) is 6.39. The van der Waals surface area contributed by atoms with Crippen molar-refractivity contribution in [3.05, 3.63) is 82.1 Å². The molecule has 1 fully saturated rings. The summed E-state index contributed by atoms with van der Waals surface area (Å²) in [5.74, 6) is 0.455. The highest BCUT2D eigenvalue weighted by molar-refractivity contribution is 5.95. The number of unbranched alkanes of at least 4 members (excludes halogenated alkanes) is 1. The Balaban J connectivity index is 1.21. The summed E-state index contributed by atoms with van der Waals surface area (Å²) in [5.41, 5.74) is 4.09. The molecule has 1 aliphatic rings. The first kappa shape index (κ1) is 34.1. The quantitative estimate of drug-likeness (QED) is 0.0758. The molecule has 49 heavy (non-hydrogen) atoms. The van der Waals surface area contributed by atoms with Crippen molar-refractivity contribution in [3.8, 4) is 22.9 Å². The summed E-state index contributed by atoms with van der Waals surface area (Å²) in [6.45, 7) is 3.40. The Morgan fingerprint density at radius 1 is 1.06 bits per heavy atom. The van der Waals surface area contributed by atoms with Crippen molar-refractivity contribution in [1.82, 2.24) is 19.7 Å². The number of hydrogen-bond donors (Lipinski definition) is 1. The van der Waals surface area contributed by atoms with Crippen LogP contribution in [0.5, 0.6) is 11.6 Å². The normalized spacial score (nSPS) is 15.4. The number of para-hydroxylation sites is 1. The SMILES string of the molecule is COCOc1cc(COC2CCCCO2)cc2nc(OC)c(-c3cccc4c(=O)n(CCCCC(C)OC(=O)c5ccccc5)[nH]c34)nc12. The fourth-order valence-electron chi connectivity index (χ4n) is 5.96. The number of carbonyl (C=O) groups is 1. The number of fused-ring (bicyclic) bond motifs is 2. The molecule has 0 bridgehead atoms. The number of methoxy groups -OCH3 is 2. The van der Waals surface area contributed by atoms with E-state index in [0.29, 0.717) is 83.0 Å². The maximum Gasteiger partial charge on any atom is 0.338 e. The molecule has 3 aromatic carbocycles. The van der Waals surface area contributed by atoms with Crippen LogP contribution in [-0.4, -0.2) is 65.7 Å². The van der Waals surface area contributed by atoms with Gasteiger partial charge in [0.1, 0.15) is 11.2 Å². The number of aryl methyl sites for hydroxylation is 1. The van der Waals surface area contributed by atoms with Crippen LogP contribution < -0.4 is 15.0 Å². The van der Waals surface area contributed by atoms with Gasteiger partial charge in [0.25, 0.3) is 5.56 Å². The van der Waals surface area contributed by atoms with Crippen molar-refractivity contribution < 1.29 is 33.2 Å². The third-order valence-electron chi connectivity index (χ3n) is 8.46. The predicted molar refractivity (Wildman–Crippen MR) is 184 cm³/mol. The summed E-state index contributed by atoms with van der Waals surface area (Å²) >= 11 is 0. The Morgan fingerprint density at radius 3 is 2.69 bits per heavy atom. The maximum absolute atomic E-state index is 13.4. The fourth-order valence-corrected chi connectivity index (χ4v) is 5.96. The van der Waals surface area contributed by atoms with Crippen LogP contribution >= 0.6 is 0 Å². The molecular formula is C37H42N4O8. The van der Waals surface area contributed by atoms with Gasteiger partial charge in [-0.15, -0.1) is 0 Å². The van der Waals surface area contributed by atoms with Gasteiger partial charge in [0.05, 0.1) is 41.8 Å². The van der Waals surface area contributed by atoms with Gasteiger partial charge in [-0.05, 0) is 81.3 Å². The van der Waals surface area contributed by atoms with Crippen LogP contribution in [-0.2, 0) is 32.1 Å². The average Bonchev–Trinajstić information content (AvgIpc) is 3.46. The molecule has 6 rings (SSSR count). The molecular weight excluding hydrogens is 628 g/mol. The number of esters is 1. The molecule has 3 heterocycles. The van der Waals surface area contributed by atoms with Gasteiger partial charge in [0.2, 0.25) is 5.88 Å². The van der Waals surface area contributed by atoms with Crippen molar-refractivity contribution in [2.24, 2.45) is 0 Å². The summed E-state index contributed by atoms with van der Waals surface area (Å²) in [7, 11) is 3.10. The molecule has 0 aliphatic carbocycles. The lowest BCUT2D eigenvalue weighted by molar-refractivity contribution is -0.168. The molecule has 12 nitrogen and oxygen atoms in total. The van der Waals surface area contributed by atoms with Crippen molar-refractivity contribution in [3.63, 3.8) is 0 Å². The van der Waals surface area contributed by atoms with Crippen LogP contribution in [0.3, 0.4) is 0 Å². The average molecular weight is 671 g/mol. The number of nitrogens with zero attached hydrogens (tertiary/aromatic N) is 3. The zero-order chi connectivity index (χ0) is 34.2. The van der Waals surface area contributed by atoms with Gasteiger partial charge in [-0.2, -0.15) is 0 Å². The summed E-state index contributed by atoms with van der Waals surface area (Å²) in [4.78, 5) is 35.6. The molecule has 2 atom stereocenters. The van der Waals surface area contributed by atoms with Gasteiger partial charge in [0, 0.05) is 25.8 Å². The van der Waals surface area contributed by atoms with Crippen LogP contribution in [0.4, 0.5) is 0 Å². The van der Waals surface area contributed by atoms with Crippen LogP contribution in [0.2, 0.25) is 0 Å². The van der Waals surface area contributed by atoms with E-state index in [1.165, 1.54) is 0 Å². The Morgan fingerprint density at radius 2 is 1.92 bits per heavy atom. The highest BCUT2D eigenvalue weighted by Crippen LogP contribution is 2.36. The third kappa shape index (κ3) is 8.10. The van der Waals surface area contributed by atoms with E-state index in [1.807, 2.05) is 49.4 Å². The van der Waals surface area contributed by atoms with Crippen molar-refractivity contribution in [1.29, 1.82) is 0 Å². The first-order chi connectivity index (χ1) is 23.9. The topological polar surface area (TPSA) is 136 Å². The van der Waals surface area contributed by atoms with Crippen LogP contribution in [0.25, 0.3) is 33.2 Å². The van der Waals surface area contributed by atoms with Gasteiger partial charge >= 0.3 is 5.97 Å². The monoisotopic (exact) mass is 670 g/mol. The van der Waals surface area contributed by atoms with Gasteiger partial charge in [-0.25, -0.2) is 14.8 Å². The van der Waals surface area contributed by atoms with E-state index in [9.17, 15) is 9.59 Å². The molecule has 1 N–H and O–H groups in total. The fraction of sp³-hybridized carbons (Fsp3) is 0.405. The van der Waals surface area contributed by atoms with E-state index >= 15 is 0 Å². The lowest BCUT2D eigenvalue weighted by atomic mass is 10.1. The van der Waals surface area contributed by atoms with Crippen LogP contribution in [0.1, 0.15) is 61.4 Å². The molecule has 1 aliphatic heterocycles. The zero-order valence-electron chi connectivity index (χ0n) is 28.1. The minimum atomic E-state index is -0.337. The van der Waals surface area contributed by atoms with Gasteiger partial charge < -0.3 is 28.4 Å². The van der Waals surface area contributed by atoms with E-state index in [2.05, 4.69) is 5.10 Å². The van der Waals surface area contributed by atoms with E-state index in [0.717, 1.165) is 31.2 Å². The number of rotatable bonds is 15. The van der Waals surface area contributed by atoms with E-state index < -0.39 is 0 Å². The molecule has 0 saturated carbocycles. The summed E-state index contributed by atoms with van der Waals surface area (Å²) in [5, 5.41) is 3.82. The molecule has 1 saturated heterocycles. The molecule has 12 heteroatoms. The number of nitrogens with one attached hydrogen (secondary N) is 1. The van der Waals surface area contributed by atoms with E-state index in [1.54, 1.807) is 37.1 Å². The highest BCUT2D eigenvalue weighted by Gasteiger charge is 2.21. The van der Waals surface area contributed by atoms with E-state index in [4.69, 9.17) is 38.4 Å². The second kappa shape index (κ2) is 16.1. The Bertz CT molecular complexity index is 1930. The number of ether oxygens (including phenoxy) is 6. The molecule has 2 unspecified atom stereocenters. The summed E-state index contributed by atoms with van der Waals surface area (Å²) in [6.07, 6.45) is 4.66. The first-order valence-electron chi connectivity index (χ1n) is 16.7. The minimum absolute atomic E-state index is 0.0220. The largest absolute Gasteiger partial charge is 0.479 e. The number of benzene rings is 3. The number of carbonyl (C=O) groups excluding carboxylic acids is 1. The van der Waals surface area contributed by atoms with Crippen LogP contribution in [0.15, 0.2) is 65.5 Å². The summed E-state index contributed by atoms with van der Waals surface area (Å²) < 4.78 is 35.8. The Labute approximate surface area is 284 Å². The molecule has 2 aromatic heterocycles. The van der Waals surface area contributed by atoms with Gasteiger partial charge in [-0.1, -0.05) is 30.3 Å². The smallest absolute Gasteiger partial charge is 0.338 e. The van der Waals surface area contributed by atoms with Crippen LogP contribution in [0, 0.1) is 0 Å². The second-order valence-corrected chi connectivity index (χ2v) is 12.1. The number of aromatic amines is 1. The molecule has 0 radical (unpaired) electrons. The second-order valence-electron chi connectivity index (χ2n) is 12.1. The third-order valence-corrected chi connectivity index (χ3v) is 8.46. The number of hydrogen-bond acceptors (Lipinski definition) is 10. The minimum Gasteiger partial charge on any atom is -0.479 e. The van der Waals surface area contributed by atoms with Crippen molar-refractivity contribution in [2.45, 2.75) is 71.0 Å². The lowest BCUT2D eigenvalue weighted by Gasteiger charge is -2.23. The zero-order valence-corrected chi connectivity index (χ0v) is 28.1. The number of aromatic nitrogens is 4.